The van der Waals surface area contributed by atoms with Crippen LogP contribution in [0.25, 0.3) is 17.2 Å². The summed E-state index contributed by atoms with van der Waals surface area (Å²) in [6, 6.07) is 4.54. The maximum absolute atomic E-state index is 12.6. The summed E-state index contributed by atoms with van der Waals surface area (Å²) in [5, 5.41) is 52.8. The minimum atomic E-state index is -5.59. The number of amides is 2. The van der Waals surface area contributed by atoms with Gasteiger partial charge in [0.15, 0.2) is 22.8 Å². The Kier molecular flexibility index (Phi) is 27.8. The Balaban J connectivity index is 0.000000565. The Morgan fingerprint density at radius 2 is 1.55 bits per heavy atom. The summed E-state index contributed by atoms with van der Waals surface area (Å²) in [5.41, 5.74) is 4.97. The number of carboxylic acid groups (broad SMARTS) is 1. The number of thioether (sulfide) groups is 1. The second kappa shape index (κ2) is 32.2. The van der Waals surface area contributed by atoms with Crippen molar-refractivity contribution in [3.05, 3.63) is 66.8 Å². The molecule has 1 aliphatic rings. The van der Waals surface area contributed by atoms with Gasteiger partial charge in [0.25, 0.3) is 0 Å². The first-order chi connectivity index (χ1) is 36.1. The van der Waals surface area contributed by atoms with Crippen LogP contribution in [0.15, 0.2) is 61.2 Å². The Hall–Kier alpha value is -4.93. The maximum Gasteiger partial charge on any atom is 0.481 e. The van der Waals surface area contributed by atoms with Crippen LogP contribution in [0.2, 0.25) is 0 Å². The molecule has 7 atom stereocenters. The second-order valence-electron chi connectivity index (χ2n) is 17.7. The lowest BCUT2D eigenvalue weighted by atomic mass is 9.87. The van der Waals surface area contributed by atoms with E-state index in [4.69, 9.17) is 24.6 Å². The highest BCUT2D eigenvalue weighted by Gasteiger charge is 2.50. The summed E-state index contributed by atoms with van der Waals surface area (Å²) in [6.07, 6.45) is 14.8. The number of hydrogen-bond donors (Lipinski definition) is 12. The number of unbranched alkanes of at least 4 members (excludes halogenated alkanes) is 7. The van der Waals surface area contributed by atoms with Gasteiger partial charge in [-0.3, -0.25) is 37.3 Å². The number of nitrogens with two attached hydrogens (primary N) is 1. The molecule has 3 aromatic rings. The third-order valence-electron chi connectivity index (χ3n) is 10.7. The molecule has 3 heterocycles. The fraction of sp³-hybridized carbons (Fsp3) is 0.533. The highest BCUT2D eigenvalue weighted by atomic mass is 32.2. The first kappa shape index (κ1) is 66.4. The number of hydrogen-bond acceptors (Lipinski definition) is 21. The highest BCUT2D eigenvalue weighted by molar-refractivity contribution is 8.13. The van der Waals surface area contributed by atoms with Crippen molar-refractivity contribution in [1.29, 1.82) is 0 Å². The van der Waals surface area contributed by atoms with Crippen LogP contribution in [0.5, 0.6) is 11.5 Å². The quantitative estimate of drug-likeness (QED) is 0.0177. The molecule has 1 fully saturated rings. The number of aliphatic hydroxyl groups excluding tert-OH is 2. The number of fused-ring (bicyclic) bond motifs is 1. The minimum Gasteiger partial charge on any atom is -0.508 e. The number of phosphoric ester groups is 3. The number of aromatic hydroxyl groups is 2. The molecule has 0 spiro atoms. The minimum absolute atomic E-state index is 0.0185. The van der Waals surface area contributed by atoms with Gasteiger partial charge in [-0.25, -0.2) is 28.6 Å². The molecule has 2 aromatic heterocycles. The molecular weight excluding hydrogens is 1100 g/mol. The van der Waals surface area contributed by atoms with Gasteiger partial charge in [0, 0.05) is 36.7 Å². The van der Waals surface area contributed by atoms with Crippen molar-refractivity contribution in [2.75, 3.05) is 37.8 Å². The lowest BCUT2D eigenvalue weighted by Gasteiger charge is -2.30. The lowest BCUT2D eigenvalue weighted by molar-refractivity contribution is -0.139. The topological polar surface area (TPSA) is 441 Å². The monoisotopic (exact) mass is 1170 g/mol. The summed E-state index contributed by atoms with van der Waals surface area (Å²) in [5.74, 6) is -2.65. The number of rotatable bonds is 32. The number of nitrogens with zero attached hydrogens (tertiary/aromatic N) is 4. The zero-order valence-corrected chi connectivity index (χ0v) is 45.9. The molecule has 0 saturated carbocycles. The van der Waals surface area contributed by atoms with Crippen LogP contribution in [0.1, 0.15) is 96.8 Å². The maximum atomic E-state index is 12.6. The molecule has 1 saturated heterocycles. The molecule has 32 heteroatoms. The predicted molar refractivity (Wildman–Crippen MR) is 279 cm³/mol. The van der Waals surface area contributed by atoms with Crippen LogP contribution in [0.4, 0.5) is 5.82 Å². The van der Waals surface area contributed by atoms with Crippen molar-refractivity contribution in [1.82, 2.24) is 30.2 Å². The summed E-state index contributed by atoms with van der Waals surface area (Å²) in [7, 11) is -16.4. The fourth-order valence-electron chi connectivity index (χ4n) is 6.87. The third-order valence-corrected chi connectivity index (χ3v) is 14.7. The van der Waals surface area contributed by atoms with Gasteiger partial charge in [-0.15, -0.1) is 0 Å². The van der Waals surface area contributed by atoms with Crippen molar-refractivity contribution >= 4 is 81.2 Å². The normalized spacial score (nSPS) is 19.0. The molecule has 28 nitrogen and oxygen atoms in total. The second-order valence-corrected chi connectivity index (χ2v) is 23.1. The third kappa shape index (κ3) is 25.2. The molecule has 1 aliphatic heterocycles. The molecule has 0 radical (unpaired) electrons. The van der Waals surface area contributed by atoms with Gasteiger partial charge in [-0.1, -0.05) is 108 Å². The number of nitrogens with one attached hydrogen (secondary N) is 2. The molecule has 77 heavy (non-hydrogen) atoms. The van der Waals surface area contributed by atoms with E-state index in [2.05, 4.69) is 53.5 Å². The number of carbonyl (C=O) groups is 4. The first-order valence-corrected chi connectivity index (χ1v) is 29.4. The van der Waals surface area contributed by atoms with Crippen molar-refractivity contribution < 1.29 is 101 Å². The van der Waals surface area contributed by atoms with Crippen LogP contribution < -0.4 is 16.4 Å². The van der Waals surface area contributed by atoms with E-state index >= 15 is 0 Å². The van der Waals surface area contributed by atoms with Gasteiger partial charge in [0.1, 0.15) is 54.2 Å². The van der Waals surface area contributed by atoms with Crippen LogP contribution in [0, 0.1) is 5.41 Å². The molecule has 1 aromatic carbocycles. The van der Waals surface area contributed by atoms with Crippen LogP contribution in [-0.4, -0.2) is 144 Å². The molecule has 430 valence electrons. The molecule has 0 aliphatic carbocycles. The number of phosphoric acid groups is 3. The number of aliphatic carboxylic acids is 1. The number of imidazole rings is 1. The van der Waals surface area contributed by atoms with Crippen LogP contribution >= 0.6 is 35.2 Å². The van der Waals surface area contributed by atoms with E-state index in [1.165, 1.54) is 64.9 Å². The smallest absolute Gasteiger partial charge is 0.481 e. The number of aliphatic hydroxyl groups is 2. The number of phenols is 2. The zero-order valence-electron chi connectivity index (χ0n) is 42.4. The number of carboxylic acids is 1. The summed E-state index contributed by atoms with van der Waals surface area (Å²) >= 11 is 0.718. The molecule has 13 N–H and O–H groups in total. The van der Waals surface area contributed by atoms with Crippen LogP contribution in [0.3, 0.4) is 0 Å². The number of ether oxygens (including phenoxy) is 1. The fourth-order valence-corrected chi connectivity index (χ4v) is 10.4. The number of nitrogen functional groups attached to an aromatic ring is 1. The number of aromatic nitrogens is 4. The molecular formula is C45H68N7O21P3S. The molecule has 4 rings (SSSR count). The van der Waals surface area contributed by atoms with Gasteiger partial charge in [0.05, 0.1) is 19.5 Å². The zero-order chi connectivity index (χ0) is 57.4. The highest BCUT2D eigenvalue weighted by Crippen LogP contribution is 2.61. The lowest BCUT2D eigenvalue weighted by Crippen LogP contribution is -2.46. The van der Waals surface area contributed by atoms with Crippen molar-refractivity contribution in [3.8, 4) is 11.5 Å². The Bertz CT molecular complexity index is 2630. The molecule has 2 unspecified atom stereocenters. The van der Waals surface area contributed by atoms with E-state index in [1.54, 1.807) is 12.1 Å². The van der Waals surface area contributed by atoms with E-state index in [9.17, 15) is 72.9 Å². The summed E-state index contributed by atoms with van der Waals surface area (Å²) < 4.78 is 61.8. The van der Waals surface area contributed by atoms with E-state index < -0.39 is 102 Å². The van der Waals surface area contributed by atoms with Gasteiger partial charge in [-0.2, -0.15) is 4.31 Å². The Morgan fingerprint density at radius 3 is 2.21 bits per heavy atom. The largest absolute Gasteiger partial charge is 0.508 e. The summed E-state index contributed by atoms with van der Waals surface area (Å²) in [4.78, 5) is 97.0. The average molecular weight is 1170 g/mol. The average Bonchev–Trinajstić information content (AvgIpc) is 3.90. The number of anilines is 1. The molecule has 0 bridgehead atoms. The number of carbonyl (C=O) groups excluding carboxylic acids is 3. The number of benzene rings is 1. The predicted octanol–water partition coefficient (Wildman–Crippen LogP) is 4.50. The Labute approximate surface area is 447 Å². The standard InChI is InChI=1S/C24H38N7O19P3S.C21H30O2/c1-24(2,19(37)22(38)27-4-3-13(32)26-5-6-54-15(35)7-14(33)34)9-47-53(44,45)50-52(42,43)46-8-12-18(49-51(39,40)41)17(36)23(48-12)31-11-30-16-20(25)28-10-29-21(16)31;1-2-3-4-5-6-7-8-9-10-11-12-13-14-15-19-16-20(22)18-21(23)17-19/h10-12,17-19,23,36-37H,3-9H2,1-2H3,(H,26,32)(H,27,38)(H,33,34)(H,42,43)(H,44,45)(H2,25,28,29)(H2,39,40,41);10-18,22-23H,2-9H2,1H3/t12-,17-,18-,19+,23-;/m1./s1. The van der Waals surface area contributed by atoms with Gasteiger partial charge in [-0.05, 0) is 30.5 Å². The van der Waals surface area contributed by atoms with Crippen molar-refractivity contribution in [2.45, 2.75) is 116 Å². The summed E-state index contributed by atoms with van der Waals surface area (Å²) in [6.45, 7) is 2.38. The van der Waals surface area contributed by atoms with E-state index in [-0.39, 0.29) is 53.7 Å². The van der Waals surface area contributed by atoms with E-state index in [1.807, 2.05) is 24.3 Å². The SMILES string of the molecule is CC(C)(COP(=O)(O)OP(=O)(O)OC[C@H]1O[C@@H](n2cnc3c(N)ncnc32)[C@H](O)[C@@H]1OP(=O)(O)O)[C@@H](O)C(=O)NCCC(=O)NCCSC(=O)CC(=O)O.CCCCCCCCCC=CC=CC=Cc1cc(O)cc(O)c1. The van der Waals surface area contributed by atoms with Gasteiger partial charge >= 0.3 is 29.4 Å². The van der Waals surface area contributed by atoms with Crippen LogP contribution in [-0.2, 0) is 55.5 Å². The number of allylic oxidation sites excluding steroid dienone is 5. The number of phenolic OH excluding ortho intramolecular Hbond substituents is 2. The van der Waals surface area contributed by atoms with E-state index in [0.717, 1.165) is 41.0 Å². The molecule has 2 amide bonds. The Morgan fingerprint density at radius 1 is 0.896 bits per heavy atom. The van der Waals surface area contributed by atoms with Crippen molar-refractivity contribution in [3.63, 3.8) is 0 Å². The van der Waals surface area contributed by atoms with Crippen molar-refractivity contribution in [2.24, 2.45) is 5.41 Å². The first-order valence-electron chi connectivity index (χ1n) is 23.9. The van der Waals surface area contributed by atoms with E-state index in [0.29, 0.717) is 0 Å². The van der Waals surface area contributed by atoms with Gasteiger partial charge < -0.3 is 66.2 Å². The van der Waals surface area contributed by atoms with Gasteiger partial charge in [0.2, 0.25) is 11.8 Å².